The largest absolute Gasteiger partial charge is 0.392 e. The number of sulfone groups is 1. The molecular weight excluding hydrogens is 236 g/mol. The summed E-state index contributed by atoms with van der Waals surface area (Å²) < 4.78 is 45.0. The minimum atomic E-state index is -3.84. The number of hydrogen-bond donors (Lipinski definition) is 2. The third-order valence-corrected chi connectivity index (χ3v) is 4.52. The first kappa shape index (κ1) is 12.8. The maximum absolute atomic E-state index is 10.9. The van der Waals surface area contributed by atoms with Gasteiger partial charge < -0.3 is 5.73 Å². The van der Waals surface area contributed by atoms with Crippen molar-refractivity contribution in [1.82, 2.24) is 4.72 Å². The third-order valence-electron chi connectivity index (χ3n) is 0.836. The van der Waals surface area contributed by atoms with Gasteiger partial charge in [0.05, 0.1) is 11.5 Å². The Morgan fingerprint density at radius 3 is 2.15 bits per heavy atom. The van der Waals surface area contributed by atoms with Crippen LogP contribution in [-0.2, 0) is 19.9 Å². The van der Waals surface area contributed by atoms with Crippen molar-refractivity contribution in [3.63, 3.8) is 0 Å². The molecule has 0 amide bonds. The zero-order valence-electron chi connectivity index (χ0n) is 6.85. The van der Waals surface area contributed by atoms with Crippen LogP contribution in [-0.4, -0.2) is 39.7 Å². The molecule has 13 heavy (non-hydrogen) atoms. The Morgan fingerprint density at radius 2 is 1.85 bits per heavy atom. The molecule has 0 fully saturated rings. The summed E-state index contributed by atoms with van der Waals surface area (Å²) in [5.41, 5.74) is 5.02. The van der Waals surface area contributed by atoms with E-state index in [9.17, 15) is 16.8 Å². The second-order valence-electron chi connectivity index (χ2n) is 2.45. The zero-order valence-corrected chi connectivity index (χ0v) is 9.30. The predicted octanol–water partition coefficient (Wildman–Crippen LogP) is -1.81. The number of nitrogens with two attached hydrogens (primary N) is 1. The van der Waals surface area contributed by atoms with E-state index < -0.39 is 24.9 Å². The molecule has 0 aliphatic carbocycles. The van der Waals surface area contributed by atoms with Crippen molar-refractivity contribution in [3.05, 3.63) is 0 Å². The highest BCUT2D eigenvalue weighted by Crippen LogP contribution is 1.90. The monoisotopic (exact) mass is 246 g/mol. The minimum Gasteiger partial charge on any atom is -0.392 e. The molecule has 78 valence electrons. The summed E-state index contributed by atoms with van der Waals surface area (Å²) in [6.45, 7) is -0.229. The fourth-order valence-electron chi connectivity index (χ4n) is 0.505. The van der Waals surface area contributed by atoms with E-state index in [4.69, 9.17) is 5.73 Å². The number of sulfonamides is 1. The number of thiocarbonyl (C=S) groups is 1. The number of hydrogen-bond acceptors (Lipinski definition) is 5. The Labute approximate surface area is 82.5 Å². The molecule has 0 rings (SSSR count). The average Bonchev–Trinajstić information content (AvgIpc) is 1.78. The van der Waals surface area contributed by atoms with Gasteiger partial charge in [-0.05, 0) is 0 Å². The molecule has 0 aliphatic heterocycles. The summed E-state index contributed by atoms with van der Waals surface area (Å²) in [7, 11) is -7.40. The van der Waals surface area contributed by atoms with E-state index in [1.165, 1.54) is 0 Å². The Balaban J connectivity index is 4.36. The summed E-state index contributed by atoms with van der Waals surface area (Å²) in [5, 5.41) is -0.956. The van der Waals surface area contributed by atoms with Crippen LogP contribution in [0.25, 0.3) is 0 Å². The molecule has 0 saturated carbocycles. The van der Waals surface area contributed by atoms with Crippen LogP contribution in [0.15, 0.2) is 0 Å². The van der Waals surface area contributed by atoms with Gasteiger partial charge in [-0.25, -0.2) is 21.6 Å². The van der Waals surface area contributed by atoms with E-state index in [2.05, 4.69) is 12.2 Å². The third kappa shape index (κ3) is 8.09. The number of rotatable bonds is 5. The van der Waals surface area contributed by atoms with Crippen LogP contribution in [0.3, 0.4) is 0 Å². The van der Waals surface area contributed by atoms with E-state index in [0.29, 0.717) is 0 Å². The molecule has 0 saturated heterocycles. The van der Waals surface area contributed by atoms with Crippen LogP contribution >= 0.6 is 12.2 Å². The van der Waals surface area contributed by atoms with Gasteiger partial charge in [-0.15, -0.1) is 0 Å². The lowest BCUT2D eigenvalue weighted by atomic mass is 10.7. The normalized spacial score (nSPS) is 12.7. The Bertz CT molecular complexity index is 382. The van der Waals surface area contributed by atoms with Crippen LogP contribution in [0.4, 0.5) is 0 Å². The van der Waals surface area contributed by atoms with Gasteiger partial charge in [0.15, 0.2) is 14.9 Å². The molecule has 0 aliphatic rings. The van der Waals surface area contributed by atoms with Crippen molar-refractivity contribution in [2.24, 2.45) is 5.73 Å². The van der Waals surface area contributed by atoms with E-state index in [1.54, 1.807) is 0 Å². The molecule has 0 unspecified atom stereocenters. The summed E-state index contributed by atoms with van der Waals surface area (Å²) in [6.07, 6.45) is 0.826. The summed E-state index contributed by atoms with van der Waals surface area (Å²) in [5.74, 6) is 0. The van der Waals surface area contributed by atoms with Crippen LogP contribution in [0.2, 0.25) is 0 Å². The van der Waals surface area contributed by atoms with Crippen molar-refractivity contribution < 1.29 is 16.8 Å². The highest BCUT2D eigenvalue weighted by Gasteiger charge is 2.17. The molecule has 3 N–H and O–H groups in total. The smallest absolute Gasteiger partial charge is 0.226 e. The van der Waals surface area contributed by atoms with Crippen molar-refractivity contribution in [3.8, 4) is 0 Å². The molecule has 0 aromatic heterocycles. The molecule has 0 radical (unpaired) electrons. The van der Waals surface area contributed by atoms with Crippen LogP contribution in [0.5, 0.6) is 0 Å². The molecule has 9 heteroatoms. The fraction of sp³-hybridized carbons (Fsp3) is 0.750. The maximum atomic E-state index is 10.9. The Kier molecular flexibility index (Phi) is 4.23. The Morgan fingerprint density at radius 1 is 1.38 bits per heavy atom. The van der Waals surface area contributed by atoms with Gasteiger partial charge in [0.1, 0.15) is 0 Å². The van der Waals surface area contributed by atoms with Crippen LogP contribution in [0.1, 0.15) is 0 Å². The fourth-order valence-corrected chi connectivity index (χ4v) is 3.63. The Hall–Kier alpha value is -0.250. The van der Waals surface area contributed by atoms with Gasteiger partial charge in [0.25, 0.3) is 0 Å². The van der Waals surface area contributed by atoms with Gasteiger partial charge in [-0.2, -0.15) is 0 Å². The number of nitrogens with one attached hydrogen (secondary N) is 1. The lowest BCUT2D eigenvalue weighted by molar-refractivity contribution is 0.585. The lowest BCUT2D eigenvalue weighted by Crippen LogP contribution is -2.35. The zero-order chi connectivity index (χ0) is 10.7. The predicted molar refractivity (Wildman–Crippen MR) is 53.4 cm³/mol. The lowest BCUT2D eigenvalue weighted by Gasteiger charge is -2.03. The standard InChI is InChI=1S/C4H10N2O4S3/c1-12(7,8)3-13(9,10)6-2-4(5)11/h6H,2-3H2,1H3,(H2,5,11). The van der Waals surface area contributed by atoms with E-state index >= 15 is 0 Å². The van der Waals surface area contributed by atoms with Gasteiger partial charge >= 0.3 is 0 Å². The first-order valence-electron chi connectivity index (χ1n) is 3.06. The second kappa shape index (κ2) is 4.31. The molecule has 0 atom stereocenters. The second-order valence-corrected chi connectivity index (χ2v) is 7.28. The minimum absolute atomic E-state index is 0.0444. The molecule has 0 bridgehead atoms. The van der Waals surface area contributed by atoms with Crippen molar-refractivity contribution in [2.75, 3.05) is 17.9 Å². The highest BCUT2D eigenvalue weighted by molar-refractivity contribution is 8.06. The van der Waals surface area contributed by atoms with Gasteiger partial charge in [-0.3, -0.25) is 0 Å². The van der Waals surface area contributed by atoms with E-state index in [-0.39, 0.29) is 11.5 Å². The SMILES string of the molecule is CS(=O)(=O)CS(=O)(=O)NCC(N)=S. The van der Waals surface area contributed by atoms with Crippen LogP contribution < -0.4 is 10.5 Å². The summed E-state index contributed by atoms with van der Waals surface area (Å²) in [6, 6.07) is 0. The molecule has 0 aromatic rings. The first-order chi connectivity index (χ1) is 5.62. The quantitative estimate of drug-likeness (QED) is 0.554. The van der Waals surface area contributed by atoms with Crippen molar-refractivity contribution >= 4 is 37.1 Å². The van der Waals surface area contributed by atoms with E-state index in [0.717, 1.165) is 6.26 Å². The van der Waals surface area contributed by atoms with Crippen molar-refractivity contribution in [2.45, 2.75) is 0 Å². The average molecular weight is 246 g/mol. The first-order valence-corrected chi connectivity index (χ1v) is 7.18. The van der Waals surface area contributed by atoms with Gasteiger partial charge in [0, 0.05) is 6.26 Å². The maximum Gasteiger partial charge on any atom is 0.226 e. The van der Waals surface area contributed by atoms with Crippen LogP contribution in [0, 0.1) is 0 Å². The summed E-state index contributed by atoms with van der Waals surface area (Å²) >= 11 is 4.41. The van der Waals surface area contributed by atoms with Crippen molar-refractivity contribution in [1.29, 1.82) is 0 Å². The summed E-state index contributed by atoms with van der Waals surface area (Å²) in [4.78, 5) is -0.0444. The van der Waals surface area contributed by atoms with E-state index in [1.807, 2.05) is 4.72 Å². The van der Waals surface area contributed by atoms with Gasteiger partial charge in [0.2, 0.25) is 10.0 Å². The molecule has 6 nitrogen and oxygen atoms in total. The molecule has 0 heterocycles. The molecular formula is C4H10N2O4S3. The molecule has 0 aromatic carbocycles. The topological polar surface area (TPSA) is 106 Å². The highest BCUT2D eigenvalue weighted by atomic mass is 32.3. The van der Waals surface area contributed by atoms with Gasteiger partial charge in [-0.1, -0.05) is 12.2 Å². The molecule has 0 spiro atoms.